The lowest BCUT2D eigenvalue weighted by molar-refractivity contribution is 0.249. The lowest BCUT2D eigenvalue weighted by Gasteiger charge is -2.21. The molecule has 4 heteroatoms. The smallest absolute Gasteiger partial charge is 0.0544 e. The van der Waals surface area contributed by atoms with Crippen LogP contribution in [0.2, 0.25) is 0 Å². The summed E-state index contributed by atoms with van der Waals surface area (Å²) in [7, 11) is 0. The minimum Gasteiger partial charge on any atom is -0.330 e. The van der Waals surface area contributed by atoms with Crippen molar-refractivity contribution < 1.29 is 0 Å². The molecule has 0 aliphatic carbocycles. The fourth-order valence-corrected chi connectivity index (χ4v) is 1.97. The van der Waals surface area contributed by atoms with Crippen LogP contribution in [-0.4, -0.2) is 28.0 Å². The van der Waals surface area contributed by atoms with Crippen molar-refractivity contribution in [2.75, 3.05) is 13.1 Å². The van der Waals surface area contributed by atoms with E-state index in [1.54, 1.807) is 0 Å². The molecule has 0 radical (unpaired) electrons. The first-order valence-electron chi connectivity index (χ1n) is 6.61. The predicted octanol–water partition coefficient (Wildman–Crippen LogP) is 1.83. The first kappa shape index (κ1) is 13.6. The third kappa shape index (κ3) is 4.77. The van der Waals surface area contributed by atoms with E-state index < -0.39 is 0 Å². The highest BCUT2D eigenvalue weighted by Gasteiger charge is 2.07. The fourth-order valence-electron chi connectivity index (χ4n) is 1.97. The van der Waals surface area contributed by atoms with Crippen molar-refractivity contribution in [3.8, 4) is 0 Å². The van der Waals surface area contributed by atoms with Gasteiger partial charge in [0.25, 0.3) is 0 Å². The standard InChI is InChI=1S/C15H20N4/c16-8-5-11-19(12-14-6-1-3-9-17-14)13-15-7-2-4-10-18-15/h1-4,6-7,9-10H,5,8,11-13,16H2. The van der Waals surface area contributed by atoms with Gasteiger partial charge in [-0.2, -0.15) is 0 Å². The first-order valence-corrected chi connectivity index (χ1v) is 6.61. The third-order valence-electron chi connectivity index (χ3n) is 2.90. The topological polar surface area (TPSA) is 55.0 Å². The van der Waals surface area contributed by atoms with E-state index in [0.29, 0.717) is 6.54 Å². The zero-order chi connectivity index (χ0) is 13.3. The Kier molecular flexibility index (Phi) is 5.47. The Morgan fingerprint density at radius 2 is 1.47 bits per heavy atom. The molecule has 0 saturated carbocycles. The molecule has 2 rings (SSSR count). The van der Waals surface area contributed by atoms with Gasteiger partial charge in [-0.05, 0) is 37.2 Å². The Morgan fingerprint density at radius 1 is 0.895 bits per heavy atom. The molecule has 0 unspecified atom stereocenters. The van der Waals surface area contributed by atoms with Crippen LogP contribution in [0.1, 0.15) is 17.8 Å². The van der Waals surface area contributed by atoms with E-state index in [1.807, 2.05) is 48.8 Å². The molecule has 0 amide bonds. The maximum Gasteiger partial charge on any atom is 0.0544 e. The monoisotopic (exact) mass is 256 g/mol. The Morgan fingerprint density at radius 3 is 1.89 bits per heavy atom. The van der Waals surface area contributed by atoms with E-state index in [2.05, 4.69) is 14.9 Å². The summed E-state index contributed by atoms with van der Waals surface area (Å²) in [5, 5.41) is 0. The van der Waals surface area contributed by atoms with Gasteiger partial charge in [-0.3, -0.25) is 14.9 Å². The molecule has 2 aromatic heterocycles. The average molecular weight is 256 g/mol. The molecule has 0 aromatic carbocycles. The Bertz CT molecular complexity index is 417. The summed E-state index contributed by atoms with van der Waals surface area (Å²) >= 11 is 0. The minimum absolute atomic E-state index is 0.709. The van der Waals surface area contributed by atoms with Gasteiger partial charge >= 0.3 is 0 Å². The summed E-state index contributed by atoms with van der Waals surface area (Å²) in [4.78, 5) is 11.1. The molecule has 0 atom stereocenters. The van der Waals surface area contributed by atoms with Crippen LogP contribution in [0.15, 0.2) is 48.8 Å². The summed E-state index contributed by atoms with van der Waals surface area (Å²) < 4.78 is 0. The molecule has 0 bridgehead atoms. The summed E-state index contributed by atoms with van der Waals surface area (Å²) in [5.41, 5.74) is 7.76. The van der Waals surface area contributed by atoms with Crippen molar-refractivity contribution in [2.45, 2.75) is 19.5 Å². The van der Waals surface area contributed by atoms with E-state index >= 15 is 0 Å². The maximum atomic E-state index is 5.61. The van der Waals surface area contributed by atoms with E-state index in [-0.39, 0.29) is 0 Å². The van der Waals surface area contributed by atoms with Crippen LogP contribution in [0.25, 0.3) is 0 Å². The van der Waals surface area contributed by atoms with Crippen molar-refractivity contribution in [2.24, 2.45) is 5.73 Å². The van der Waals surface area contributed by atoms with Crippen LogP contribution in [-0.2, 0) is 13.1 Å². The highest BCUT2D eigenvalue weighted by atomic mass is 15.1. The van der Waals surface area contributed by atoms with Gasteiger partial charge < -0.3 is 5.73 Å². The quantitative estimate of drug-likeness (QED) is 0.821. The number of nitrogens with two attached hydrogens (primary N) is 1. The van der Waals surface area contributed by atoms with Crippen LogP contribution < -0.4 is 5.73 Å². The molecular formula is C15H20N4. The zero-order valence-electron chi connectivity index (χ0n) is 11.1. The van der Waals surface area contributed by atoms with Crippen molar-refractivity contribution in [3.05, 3.63) is 60.2 Å². The lowest BCUT2D eigenvalue weighted by Crippen LogP contribution is -2.26. The zero-order valence-corrected chi connectivity index (χ0v) is 11.1. The Hall–Kier alpha value is -1.78. The van der Waals surface area contributed by atoms with Gasteiger partial charge in [0.2, 0.25) is 0 Å². The summed E-state index contributed by atoms with van der Waals surface area (Å²) in [6, 6.07) is 12.0. The van der Waals surface area contributed by atoms with Crippen molar-refractivity contribution in [3.63, 3.8) is 0 Å². The van der Waals surface area contributed by atoms with Gasteiger partial charge in [-0.15, -0.1) is 0 Å². The van der Waals surface area contributed by atoms with Crippen LogP contribution in [0.4, 0.5) is 0 Å². The van der Waals surface area contributed by atoms with Crippen LogP contribution >= 0.6 is 0 Å². The largest absolute Gasteiger partial charge is 0.330 e. The molecule has 0 aliphatic heterocycles. The van der Waals surface area contributed by atoms with Crippen molar-refractivity contribution in [1.29, 1.82) is 0 Å². The van der Waals surface area contributed by atoms with Crippen molar-refractivity contribution >= 4 is 0 Å². The summed E-state index contributed by atoms with van der Waals surface area (Å²) in [6.45, 7) is 3.33. The van der Waals surface area contributed by atoms with Crippen LogP contribution in [0.3, 0.4) is 0 Å². The SMILES string of the molecule is NCCCN(Cc1ccccn1)Cc1ccccn1. The Balaban J connectivity index is 1.99. The summed E-state index contributed by atoms with van der Waals surface area (Å²) in [6.07, 6.45) is 4.65. The van der Waals surface area contributed by atoms with Crippen molar-refractivity contribution in [1.82, 2.24) is 14.9 Å². The molecule has 0 aliphatic rings. The molecule has 0 fully saturated rings. The Labute approximate surface area is 114 Å². The molecule has 0 saturated heterocycles. The second kappa shape index (κ2) is 7.61. The normalized spacial score (nSPS) is 10.8. The third-order valence-corrected chi connectivity index (χ3v) is 2.90. The highest BCUT2D eigenvalue weighted by molar-refractivity contribution is 5.06. The van der Waals surface area contributed by atoms with Gasteiger partial charge in [0.1, 0.15) is 0 Å². The first-order chi connectivity index (χ1) is 9.38. The molecule has 100 valence electrons. The number of aromatic nitrogens is 2. The number of hydrogen-bond acceptors (Lipinski definition) is 4. The molecule has 2 heterocycles. The van der Waals surface area contributed by atoms with Gasteiger partial charge in [-0.1, -0.05) is 12.1 Å². The molecular weight excluding hydrogens is 236 g/mol. The minimum atomic E-state index is 0.709. The molecule has 2 N–H and O–H groups in total. The fraction of sp³-hybridized carbons (Fsp3) is 0.333. The summed E-state index contributed by atoms with van der Waals surface area (Å²) in [5.74, 6) is 0. The lowest BCUT2D eigenvalue weighted by atomic mass is 10.2. The second-order valence-electron chi connectivity index (χ2n) is 4.50. The van der Waals surface area contributed by atoms with E-state index in [9.17, 15) is 0 Å². The molecule has 4 nitrogen and oxygen atoms in total. The van der Waals surface area contributed by atoms with E-state index in [1.165, 1.54) is 0 Å². The van der Waals surface area contributed by atoms with E-state index in [4.69, 9.17) is 5.73 Å². The number of hydrogen-bond donors (Lipinski definition) is 1. The van der Waals surface area contributed by atoms with Gasteiger partial charge in [0.15, 0.2) is 0 Å². The highest BCUT2D eigenvalue weighted by Crippen LogP contribution is 2.07. The number of nitrogens with zero attached hydrogens (tertiary/aromatic N) is 3. The van der Waals surface area contributed by atoms with Gasteiger partial charge in [0.05, 0.1) is 11.4 Å². The van der Waals surface area contributed by atoms with Crippen LogP contribution in [0.5, 0.6) is 0 Å². The predicted molar refractivity (Wildman–Crippen MR) is 76.3 cm³/mol. The van der Waals surface area contributed by atoms with E-state index in [0.717, 1.165) is 37.4 Å². The van der Waals surface area contributed by atoms with Gasteiger partial charge in [0, 0.05) is 32.0 Å². The van der Waals surface area contributed by atoms with Gasteiger partial charge in [-0.25, -0.2) is 0 Å². The number of rotatable bonds is 7. The molecule has 2 aromatic rings. The van der Waals surface area contributed by atoms with Crippen LogP contribution in [0, 0.1) is 0 Å². The number of pyridine rings is 2. The molecule has 0 spiro atoms. The average Bonchev–Trinajstić information content (AvgIpc) is 2.47. The molecule has 19 heavy (non-hydrogen) atoms. The second-order valence-corrected chi connectivity index (χ2v) is 4.50. The maximum absolute atomic E-state index is 5.61.